The van der Waals surface area contributed by atoms with E-state index < -0.39 is 5.97 Å². The van der Waals surface area contributed by atoms with Gasteiger partial charge in [0.25, 0.3) is 5.91 Å². The van der Waals surface area contributed by atoms with Crippen LogP contribution in [0.2, 0.25) is 0 Å². The lowest BCUT2D eigenvalue weighted by Crippen LogP contribution is -2.26. The Morgan fingerprint density at radius 3 is 2.23 bits per heavy atom. The molecule has 0 radical (unpaired) electrons. The van der Waals surface area contributed by atoms with Gasteiger partial charge in [-0.05, 0) is 54.6 Å². The number of methoxy groups -OCH3 is 1. The van der Waals surface area contributed by atoms with Crippen molar-refractivity contribution in [3.05, 3.63) is 90.0 Å². The molecule has 0 unspecified atom stereocenters. The van der Waals surface area contributed by atoms with Crippen LogP contribution in [0.1, 0.15) is 20.7 Å². The molecular formula is C24H23N3O4. The fourth-order valence-corrected chi connectivity index (χ4v) is 2.92. The van der Waals surface area contributed by atoms with E-state index in [1.54, 1.807) is 60.5 Å². The quantitative estimate of drug-likeness (QED) is 0.571. The van der Waals surface area contributed by atoms with E-state index >= 15 is 0 Å². The third kappa shape index (κ3) is 5.70. The van der Waals surface area contributed by atoms with Gasteiger partial charge in [-0.1, -0.05) is 24.3 Å². The van der Waals surface area contributed by atoms with E-state index in [9.17, 15) is 14.4 Å². The number of carbonyl (C=O) groups is 3. The second-order valence-electron chi connectivity index (χ2n) is 6.75. The van der Waals surface area contributed by atoms with Crippen molar-refractivity contribution >= 4 is 34.8 Å². The molecular weight excluding hydrogens is 394 g/mol. The number of hydrogen-bond acceptors (Lipinski definition) is 5. The summed E-state index contributed by atoms with van der Waals surface area (Å²) in [5.74, 6) is -0.846. The standard InChI is InChI=1S/C24H23N3O4/c1-27(21-9-4-3-5-10-21)23(29)18-7-6-8-20(15-18)25-16-22(28)26-19-13-11-17(12-14-19)24(30)31-2/h3-15,25H,16H2,1-2H3,(H,26,28). The average molecular weight is 417 g/mol. The van der Waals surface area contributed by atoms with Gasteiger partial charge < -0.3 is 20.3 Å². The molecule has 3 rings (SSSR count). The zero-order chi connectivity index (χ0) is 22.2. The van der Waals surface area contributed by atoms with E-state index in [4.69, 9.17) is 0 Å². The third-order valence-corrected chi connectivity index (χ3v) is 4.60. The first-order valence-corrected chi connectivity index (χ1v) is 9.63. The lowest BCUT2D eigenvalue weighted by atomic mass is 10.1. The maximum absolute atomic E-state index is 12.8. The summed E-state index contributed by atoms with van der Waals surface area (Å²) in [7, 11) is 3.03. The van der Waals surface area contributed by atoms with Crippen LogP contribution < -0.4 is 15.5 Å². The molecule has 0 saturated heterocycles. The van der Waals surface area contributed by atoms with Gasteiger partial charge in [-0.3, -0.25) is 9.59 Å². The molecule has 3 aromatic carbocycles. The number of esters is 1. The number of nitrogens with one attached hydrogen (secondary N) is 2. The number of carbonyl (C=O) groups excluding carboxylic acids is 3. The van der Waals surface area contributed by atoms with Crippen molar-refractivity contribution in [1.29, 1.82) is 0 Å². The van der Waals surface area contributed by atoms with E-state index in [0.717, 1.165) is 5.69 Å². The van der Waals surface area contributed by atoms with Crippen LogP contribution in [-0.4, -0.2) is 38.5 Å². The molecule has 0 atom stereocenters. The van der Waals surface area contributed by atoms with E-state index in [1.807, 2.05) is 30.3 Å². The number of ether oxygens (including phenoxy) is 1. The SMILES string of the molecule is COC(=O)c1ccc(NC(=O)CNc2cccc(C(=O)N(C)c3ccccc3)c2)cc1. The summed E-state index contributed by atoms with van der Waals surface area (Å²) in [6.07, 6.45) is 0. The second kappa shape index (κ2) is 10.1. The van der Waals surface area contributed by atoms with Gasteiger partial charge in [-0.15, -0.1) is 0 Å². The minimum absolute atomic E-state index is 0.0188. The largest absolute Gasteiger partial charge is 0.465 e. The Morgan fingerprint density at radius 2 is 1.55 bits per heavy atom. The Morgan fingerprint density at radius 1 is 0.839 bits per heavy atom. The highest BCUT2D eigenvalue weighted by Gasteiger charge is 2.14. The number of amides is 2. The van der Waals surface area contributed by atoms with Crippen LogP contribution in [0.15, 0.2) is 78.9 Å². The first-order chi connectivity index (χ1) is 15.0. The number of nitrogens with zero attached hydrogens (tertiary/aromatic N) is 1. The monoisotopic (exact) mass is 417 g/mol. The molecule has 0 aromatic heterocycles. The lowest BCUT2D eigenvalue weighted by Gasteiger charge is -2.18. The van der Waals surface area contributed by atoms with Gasteiger partial charge in [-0.25, -0.2) is 4.79 Å². The molecule has 2 N–H and O–H groups in total. The first kappa shape index (κ1) is 21.6. The van der Waals surface area contributed by atoms with Crippen molar-refractivity contribution < 1.29 is 19.1 Å². The molecule has 0 saturated carbocycles. The highest BCUT2D eigenvalue weighted by Crippen LogP contribution is 2.17. The number of anilines is 3. The van der Waals surface area contributed by atoms with Crippen LogP contribution in [0.25, 0.3) is 0 Å². The second-order valence-corrected chi connectivity index (χ2v) is 6.75. The summed E-state index contributed by atoms with van der Waals surface area (Å²) in [5, 5.41) is 5.77. The van der Waals surface area contributed by atoms with Gasteiger partial charge >= 0.3 is 5.97 Å². The molecule has 2 amide bonds. The molecule has 0 spiro atoms. The van der Waals surface area contributed by atoms with E-state index in [1.165, 1.54) is 7.11 Å². The Balaban J connectivity index is 1.58. The molecule has 0 bridgehead atoms. The molecule has 0 aliphatic carbocycles. The van der Waals surface area contributed by atoms with E-state index in [2.05, 4.69) is 15.4 Å². The fraction of sp³-hybridized carbons (Fsp3) is 0.125. The maximum atomic E-state index is 12.8. The molecule has 0 fully saturated rings. The lowest BCUT2D eigenvalue weighted by molar-refractivity contribution is -0.114. The molecule has 0 heterocycles. The average Bonchev–Trinajstić information content (AvgIpc) is 2.82. The molecule has 3 aromatic rings. The summed E-state index contributed by atoms with van der Waals surface area (Å²) in [6, 6.07) is 22.8. The third-order valence-electron chi connectivity index (χ3n) is 4.60. The normalized spacial score (nSPS) is 10.1. The van der Waals surface area contributed by atoms with Crippen LogP contribution in [-0.2, 0) is 9.53 Å². The molecule has 0 aliphatic heterocycles. The van der Waals surface area contributed by atoms with Gasteiger partial charge in [0, 0.05) is 29.7 Å². The minimum Gasteiger partial charge on any atom is -0.465 e. The smallest absolute Gasteiger partial charge is 0.337 e. The van der Waals surface area contributed by atoms with Crippen LogP contribution in [0.4, 0.5) is 17.1 Å². The van der Waals surface area contributed by atoms with Crippen LogP contribution in [0.3, 0.4) is 0 Å². The zero-order valence-electron chi connectivity index (χ0n) is 17.3. The molecule has 31 heavy (non-hydrogen) atoms. The summed E-state index contributed by atoms with van der Waals surface area (Å²) in [5.41, 5.74) is 2.93. The van der Waals surface area contributed by atoms with Crippen molar-refractivity contribution in [3.8, 4) is 0 Å². The van der Waals surface area contributed by atoms with Crippen molar-refractivity contribution in [1.82, 2.24) is 0 Å². The Bertz CT molecular complexity index is 1070. The van der Waals surface area contributed by atoms with Crippen LogP contribution in [0.5, 0.6) is 0 Å². The Hall–Kier alpha value is -4.13. The van der Waals surface area contributed by atoms with E-state index in [0.29, 0.717) is 22.5 Å². The van der Waals surface area contributed by atoms with Crippen molar-refractivity contribution in [2.75, 3.05) is 36.2 Å². The topological polar surface area (TPSA) is 87.7 Å². The first-order valence-electron chi connectivity index (χ1n) is 9.63. The number of para-hydroxylation sites is 1. The zero-order valence-corrected chi connectivity index (χ0v) is 17.3. The minimum atomic E-state index is -0.438. The summed E-state index contributed by atoms with van der Waals surface area (Å²) < 4.78 is 4.65. The number of hydrogen-bond donors (Lipinski definition) is 2. The van der Waals surface area contributed by atoms with Crippen molar-refractivity contribution in [2.45, 2.75) is 0 Å². The van der Waals surface area contributed by atoms with Crippen LogP contribution >= 0.6 is 0 Å². The van der Waals surface area contributed by atoms with Crippen molar-refractivity contribution in [3.63, 3.8) is 0 Å². The molecule has 158 valence electrons. The van der Waals surface area contributed by atoms with Gasteiger partial charge in [0.05, 0.1) is 19.2 Å². The van der Waals surface area contributed by atoms with Gasteiger partial charge in [0.2, 0.25) is 5.91 Å². The molecule has 7 heteroatoms. The molecule has 0 aliphatic rings. The maximum Gasteiger partial charge on any atom is 0.337 e. The fourth-order valence-electron chi connectivity index (χ4n) is 2.92. The summed E-state index contributed by atoms with van der Waals surface area (Å²) in [6.45, 7) is 0.0188. The van der Waals surface area contributed by atoms with Gasteiger partial charge in [0.1, 0.15) is 0 Å². The van der Waals surface area contributed by atoms with E-state index in [-0.39, 0.29) is 18.4 Å². The number of rotatable bonds is 7. The highest BCUT2D eigenvalue weighted by atomic mass is 16.5. The Kier molecular flexibility index (Phi) is 7.01. The number of benzene rings is 3. The van der Waals surface area contributed by atoms with Crippen LogP contribution in [0, 0.1) is 0 Å². The summed E-state index contributed by atoms with van der Waals surface area (Å²) in [4.78, 5) is 38.0. The highest BCUT2D eigenvalue weighted by molar-refractivity contribution is 6.06. The van der Waals surface area contributed by atoms with Crippen molar-refractivity contribution in [2.24, 2.45) is 0 Å². The molecule has 7 nitrogen and oxygen atoms in total. The van der Waals surface area contributed by atoms with Gasteiger partial charge in [-0.2, -0.15) is 0 Å². The predicted octanol–water partition coefficient (Wildman–Crippen LogP) is 3.80. The predicted molar refractivity (Wildman–Crippen MR) is 121 cm³/mol. The van der Waals surface area contributed by atoms with Gasteiger partial charge in [0.15, 0.2) is 0 Å². The summed E-state index contributed by atoms with van der Waals surface area (Å²) >= 11 is 0. The Labute approximate surface area is 180 Å².